The van der Waals surface area contributed by atoms with Crippen molar-refractivity contribution >= 4 is 5.97 Å². The van der Waals surface area contributed by atoms with E-state index in [1.54, 1.807) is 24.1 Å². The topological polar surface area (TPSA) is 85.8 Å². The number of imidazole rings is 1. The molecular weight excluding hydrogens is 198 g/mol. The minimum Gasteiger partial charge on any atom is -0.475 e. The van der Waals surface area contributed by atoms with Gasteiger partial charge in [0.15, 0.2) is 0 Å². The van der Waals surface area contributed by atoms with Gasteiger partial charge in [0.2, 0.25) is 5.82 Å². The standard InChI is InChI=1S/C8H9N5O2/c1-12-4-6(10-11-12)5-13-3-2-9-7(13)8(14)15/h2-4H,5H2,1H3,(H,14,15). The molecule has 7 nitrogen and oxygen atoms in total. The summed E-state index contributed by atoms with van der Waals surface area (Å²) in [5.41, 5.74) is 0.693. The maximum Gasteiger partial charge on any atom is 0.372 e. The van der Waals surface area contributed by atoms with Gasteiger partial charge in [-0.05, 0) is 0 Å². The van der Waals surface area contributed by atoms with E-state index < -0.39 is 5.97 Å². The lowest BCUT2D eigenvalue weighted by Crippen LogP contribution is -2.10. The van der Waals surface area contributed by atoms with Crippen molar-refractivity contribution in [2.24, 2.45) is 7.05 Å². The predicted molar refractivity (Wildman–Crippen MR) is 49.3 cm³/mol. The van der Waals surface area contributed by atoms with Crippen molar-refractivity contribution in [1.29, 1.82) is 0 Å². The van der Waals surface area contributed by atoms with Crippen LogP contribution >= 0.6 is 0 Å². The zero-order chi connectivity index (χ0) is 10.8. The monoisotopic (exact) mass is 207 g/mol. The van der Waals surface area contributed by atoms with E-state index >= 15 is 0 Å². The van der Waals surface area contributed by atoms with Gasteiger partial charge in [-0.1, -0.05) is 5.21 Å². The van der Waals surface area contributed by atoms with Gasteiger partial charge in [-0.25, -0.2) is 9.78 Å². The largest absolute Gasteiger partial charge is 0.475 e. The first-order chi connectivity index (χ1) is 7.16. The van der Waals surface area contributed by atoms with E-state index in [-0.39, 0.29) is 5.82 Å². The Bertz CT molecular complexity index is 487. The van der Waals surface area contributed by atoms with Crippen LogP contribution in [0.15, 0.2) is 18.6 Å². The molecule has 78 valence electrons. The molecule has 0 fully saturated rings. The number of carboxylic acid groups (broad SMARTS) is 1. The van der Waals surface area contributed by atoms with Gasteiger partial charge in [-0.3, -0.25) is 4.68 Å². The van der Waals surface area contributed by atoms with Crippen LogP contribution in [0.25, 0.3) is 0 Å². The lowest BCUT2D eigenvalue weighted by molar-refractivity contribution is 0.0679. The summed E-state index contributed by atoms with van der Waals surface area (Å²) in [6.45, 7) is 0.357. The van der Waals surface area contributed by atoms with Crippen molar-refractivity contribution in [1.82, 2.24) is 24.5 Å². The third kappa shape index (κ3) is 1.85. The Morgan fingerprint density at radius 2 is 2.40 bits per heavy atom. The summed E-state index contributed by atoms with van der Waals surface area (Å²) >= 11 is 0. The Balaban J connectivity index is 2.24. The molecule has 0 aliphatic carbocycles. The predicted octanol–water partition coefficient (Wildman–Crippen LogP) is -0.242. The van der Waals surface area contributed by atoms with Crippen LogP contribution in [0.3, 0.4) is 0 Å². The van der Waals surface area contributed by atoms with Gasteiger partial charge >= 0.3 is 5.97 Å². The molecule has 0 saturated heterocycles. The minimum atomic E-state index is -1.05. The first kappa shape index (κ1) is 9.38. The second-order valence-electron chi connectivity index (χ2n) is 3.07. The van der Waals surface area contributed by atoms with Crippen LogP contribution in [-0.4, -0.2) is 35.6 Å². The first-order valence-corrected chi connectivity index (χ1v) is 4.26. The highest BCUT2D eigenvalue weighted by Crippen LogP contribution is 2.02. The number of aromatic carboxylic acids is 1. The van der Waals surface area contributed by atoms with E-state index in [2.05, 4.69) is 15.3 Å². The smallest absolute Gasteiger partial charge is 0.372 e. The molecule has 0 aliphatic rings. The first-order valence-electron chi connectivity index (χ1n) is 4.26. The molecule has 0 amide bonds. The Morgan fingerprint density at radius 1 is 1.60 bits per heavy atom. The average Bonchev–Trinajstić information content (AvgIpc) is 2.75. The third-order valence-electron chi connectivity index (χ3n) is 1.89. The summed E-state index contributed by atoms with van der Waals surface area (Å²) in [6.07, 6.45) is 4.77. The van der Waals surface area contributed by atoms with Crippen LogP contribution in [0.2, 0.25) is 0 Å². The van der Waals surface area contributed by atoms with Crippen molar-refractivity contribution in [2.45, 2.75) is 6.54 Å². The van der Waals surface area contributed by atoms with E-state index in [9.17, 15) is 4.79 Å². The molecule has 0 spiro atoms. The highest BCUT2D eigenvalue weighted by molar-refractivity contribution is 5.83. The highest BCUT2D eigenvalue weighted by Gasteiger charge is 2.11. The van der Waals surface area contributed by atoms with Crippen LogP contribution < -0.4 is 0 Å². The van der Waals surface area contributed by atoms with Crippen molar-refractivity contribution in [2.75, 3.05) is 0 Å². The number of nitrogens with zero attached hydrogens (tertiary/aromatic N) is 5. The van der Waals surface area contributed by atoms with Crippen molar-refractivity contribution in [3.8, 4) is 0 Å². The van der Waals surface area contributed by atoms with Crippen LogP contribution in [0.1, 0.15) is 16.3 Å². The molecule has 2 aromatic rings. The minimum absolute atomic E-state index is 0.000605. The van der Waals surface area contributed by atoms with E-state index in [1.165, 1.54) is 10.8 Å². The fourth-order valence-electron chi connectivity index (χ4n) is 1.28. The van der Waals surface area contributed by atoms with Gasteiger partial charge < -0.3 is 9.67 Å². The summed E-state index contributed by atoms with van der Waals surface area (Å²) in [6, 6.07) is 0. The van der Waals surface area contributed by atoms with Crippen LogP contribution in [0, 0.1) is 0 Å². The molecule has 7 heteroatoms. The molecule has 0 aliphatic heterocycles. The molecular formula is C8H9N5O2. The molecule has 0 unspecified atom stereocenters. The second kappa shape index (κ2) is 3.52. The average molecular weight is 207 g/mol. The number of carbonyl (C=O) groups is 1. The van der Waals surface area contributed by atoms with Crippen LogP contribution in [0.4, 0.5) is 0 Å². The third-order valence-corrected chi connectivity index (χ3v) is 1.89. The number of hydrogen-bond acceptors (Lipinski definition) is 4. The van der Waals surface area contributed by atoms with Gasteiger partial charge in [0, 0.05) is 25.6 Å². The van der Waals surface area contributed by atoms with Crippen molar-refractivity contribution in [3.05, 3.63) is 30.1 Å². The number of carboxylic acids is 1. The normalized spacial score (nSPS) is 10.5. The summed E-state index contributed by atoms with van der Waals surface area (Å²) in [5, 5.41) is 16.4. The lowest BCUT2D eigenvalue weighted by atomic mass is 10.4. The van der Waals surface area contributed by atoms with Crippen molar-refractivity contribution < 1.29 is 9.90 Å². The quantitative estimate of drug-likeness (QED) is 0.750. The summed E-state index contributed by atoms with van der Waals surface area (Å²) in [4.78, 5) is 14.5. The Kier molecular flexibility index (Phi) is 2.20. The van der Waals surface area contributed by atoms with Crippen LogP contribution in [0.5, 0.6) is 0 Å². The van der Waals surface area contributed by atoms with Crippen LogP contribution in [-0.2, 0) is 13.6 Å². The van der Waals surface area contributed by atoms with Gasteiger partial charge in [0.1, 0.15) is 5.69 Å². The molecule has 0 radical (unpaired) electrons. The van der Waals surface area contributed by atoms with Gasteiger partial charge in [0.05, 0.1) is 6.54 Å². The SMILES string of the molecule is Cn1cc(Cn2ccnc2C(=O)O)nn1. The summed E-state index contributed by atoms with van der Waals surface area (Å²) < 4.78 is 3.07. The molecule has 2 rings (SSSR count). The van der Waals surface area contributed by atoms with E-state index in [0.29, 0.717) is 12.2 Å². The lowest BCUT2D eigenvalue weighted by Gasteiger charge is -2.00. The van der Waals surface area contributed by atoms with Crippen molar-refractivity contribution in [3.63, 3.8) is 0 Å². The summed E-state index contributed by atoms with van der Waals surface area (Å²) in [5.74, 6) is -1.05. The Morgan fingerprint density at radius 3 is 3.00 bits per heavy atom. The maximum absolute atomic E-state index is 10.8. The zero-order valence-corrected chi connectivity index (χ0v) is 8.03. The number of aromatic nitrogens is 5. The highest BCUT2D eigenvalue weighted by atomic mass is 16.4. The molecule has 2 heterocycles. The molecule has 0 bridgehead atoms. The fourth-order valence-corrected chi connectivity index (χ4v) is 1.28. The number of hydrogen-bond donors (Lipinski definition) is 1. The molecule has 0 atom stereocenters. The van der Waals surface area contributed by atoms with Gasteiger partial charge in [0.25, 0.3) is 0 Å². The van der Waals surface area contributed by atoms with E-state index in [4.69, 9.17) is 5.11 Å². The number of rotatable bonds is 3. The number of aryl methyl sites for hydroxylation is 1. The maximum atomic E-state index is 10.8. The zero-order valence-electron chi connectivity index (χ0n) is 8.03. The Hall–Kier alpha value is -2.18. The molecule has 0 aromatic carbocycles. The van der Waals surface area contributed by atoms with E-state index in [0.717, 1.165) is 0 Å². The van der Waals surface area contributed by atoms with Gasteiger partial charge in [-0.2, -0.15) is 0 Å². The molecule has 1 N–H and O–H groups in total. The van der Waals surface area contributed by atoms with Gasteiger partial charge in [-0.15, -0.1) is 5.10 Å². The molecule has 2 aromatic heterocycles. The second-order valence-corrected chi connectivity index (χ2v) is 3.07. The molecule has 0 saturated carbocycles. The summed E-state index contributed by atoms with van der Waals surface area (Å²) in [7, 11) is 1.75. The fraction of sp³-hybridized carbons (Fsp3) is 0.250. The molecule has 15 heavy (non-hydrogen) atoms. The Labute approximate surface area is 85.0 Å². The van der Waals surface area contributed by atoms with E-state index in [1.807, 2.05) is 0 Å².